The van der Waals surface area contributed by atoms with E-state index in [1.165, 1.54) is 0 Å². The molecule has 0 amide bonds. The molecule has 26 heavy (non-hydrogen) atoms. The molecule has 3 aromatic rings. The minimum atomic E-state index is 0.313. The van der Waals surface area contributed by atoms with Crippen molar-refractivity contribution in [3.63, 3.8) is 0 Å². The van der Waals surface area contributed by atoms with Crippen LogP contribution in [0.4, 0.5) is 11.5 Å². The minimum Gasteiger partial charge on any atom is -0.331 e. The third kappa shape index (κ3) is 5.02. The fourth-order valence-corrected chi connectivity index (χ4v) is 3.18. The van der Waals surface area contributed by atoms with E-state index in [2.05, 4.69) is 15.7 Å². The largest absolute Gasteiger partial charge is 0.331 e. The summed E-state index contributed by atoms with van der Waals surface area (Å²) < 4.78 is 1.71. The molecular weight excluding hydrogens is 434 g/mol. The van der Waals surface area contributed by atoms with E-state index < -0.39 is 0 Å². The van der Waals surface area contributed by atoms with E-state index in [0.29, 0.717) is 43.3 Å². The van der Waals surface area contributed by atoms with Gasteiger partial charge in [0, 0.05) is 16.2 Å². The number of halogens is 4. The van der Waals surface area contributed by atoms with Crippen LogP contribution < -0.4 is 10.6 Å². The molecule has 0 unspecified atom stereocenters. The van der Waals surface area contributed by atoms with Gasteiger partial charge in [0.05, 0.1) is 17.3 Å². The van der Waals surface area contributed by atoms with Crippen molar-refractivity contribution < 1.29 is 0 Å². The van der Waals surface area contributed by atoms with Gasteiger partial charge in [-0.05, 0) is 48.1 Å². The zero-order chi connectivity index (χ0) is 18.7. The van der Waals surface area contributed by atoms with Crippen LogP contribution in [-0.4, -0.2) is 14.9 Å². The minimum absolute atomic E-state index is 0.313. The summed E-state index contributed by atoms with van der Waals surface area (Å²) in [4.78, 5) is 0. The summed E-state index contributed by atoms with van der Waals surface area (Å²) >= 11 is 29.4. The summed E-state index contributed by atoms with van der Waals surface area (Å²) in [6.07, 6.45) is 1.72. The molecule has 9 heteroatoms. The molecule has 3 rings (SSSR count). The first-order valence-corrected chi connectivity index (χ1v) is 9.33. The number of thiocarbonyl (C=S) groups is 1. The monoisotopic (exact) mass is 444 g/mol. The van der Waals surface area contributed by atoms with E-state index >= 15 is 0 Å². The summed E-state index contributed by atoms with van der Waals surface area (Å²) in [6, 6.07) is 12.6. The predicted molar refractivity (Wildman–Crippen MR) is 114 cm³/mol. The number of benzene rings is 2. The SMILES string of the molecule is S=C(Nc1ccc(Cl)cc1Cl)Nc1nn(Cc2ccc(Cl)cc2)cc1Cl. The van der Waals surface area contributed by atoms with Crippen LogP contribution in [0.25, 0.3) is 0 Å². The van der Waals surface area contributed by atoms with Gasteiger partial charge in [-0.25, -0.2) is 0 Å². The van der Waals surface area contributed by atoms with Crippen molar-refractivity contribution in [3.05, 3.63) is 74.3 Å². The number of hydrogen-bond donors (Lipinski definition) is 2. The maximum Gasteiger partial charge on any atom is 0.176 e. The third-order valence-electron chi connectivity index (χ3n) is 3.39. The smallest absolute Gasteiger partial charge is 0.176 e. The topological polar surface area (TPSA) is 41.9 Å². The number of nitrogens with one attached hydrogen (secondary N) is 2. The molecular formula is C17H12Cl4N4S. The maximum atomic E-state index is 6.24. The molecule has 0 spiro atoms. The van der Waals surface area contributed by atoms with E-state index in [1.807, 2.05) is 24.3 Å². The highest BCUT2D eigenvalue weighted by Crippen LogP contribution is 2.26. The van der Waals surface area contributed by atoms with Crippen LogP contribution in [0, 0.1) is 0 Å². The first kappa shape index (κ1) is 19.3. The lowest BCUT2D eigenvalue weighted by Crippen LogP contribution is -2.20. The number of anilines is 2. The molecule has 0 saturated heterocycles. The molecule has 2 N–H and O–H groups in total. The Morgan fingerprint density at radius 3 is 2.31 bits per heavy atom. The van der Waals surface area contributed by atoms with Gasteiger partial charge in [0.15, 0.2) is 10.9 Å². The quantitative estimate of drug-likeness (QED) is 0.458. The second-order valence-electron chi connectivity index (χ2n) is 5.35. The van der Waals surface area contributed by atoms with Crippen LogP contribution >= 0.6 is 58.6 Å². The normalized spacial score (nSPS) is 10.6. The van der Waals surface area contributed by atoms with Gasteiger partial charge in [0.25, 0.3) is 0 Å². The van der Waals surface area contributed by atoms with Crippen molar-refractivity contribution in [3.8, 4) is 0 Å². The molecule has 0 aliphatic carbocycles. The van der Waals surface area contributed by atoms with E-state index in [9.17, 15) is 0 Å². The summed E-state index contributed by atoms with van der Waals surface area (Å²) in [6.45, 7) is 0.557. The van der Waals surface area contributed by atoms with Gasteiger partial charge in [-0.3, -0.25) is 4.68 Å². The molecule has 0 fully saturated rings. The summed E-state index contributed by atoms with van der Waals surface area (Å²) in [7, 11) is 0. The molecule has 134 valence electrons. The highest BCUT2D eigenvalue weighted by atomic mass is 35.5. The second kappa shape index (κ2) is 8.46. The van der Waals surface area contributed by atoms with E-state index in [1.54, 1.807) is 29.1 Å². The molecule has 4 nitrogen and oxygen atoms in total. The van der Waals surface area contributed by atoms with Gasteiger partial charge in [-0.15, -0.1) is 0 Å². The van der Waals surface area contributed by atoms with Crippen LogP contribution in [0.15, 0.2) is 48.7 Å². The molecule has 0 bridgehead atoms. The molecule has 0 radical (unpaired) electrons. The number of aromatic nitrogens is 2. The maximum absolute atomic E-state index is 6.24. The van der Waals surface area contributed by atoms with Gasteiger partial charge in [0.1, 0.15) is 5.02 Å². The second-order valence-corrected chi connectivity index (χ2v) is 7.45. The fraction of sp³-hybridized carbons (Fsp3) is 0.0588. The first-order valence-electron chi connectivity index (χ1n) is 7.41. The fourth-order valence-electron chi connectivity index (χ4n) is 2.19. The Balaban J connectivity index is 1.67. The molecule has 0 saturated carbocycles. The van der Waals surface area contributed by atoms with Crippen molar-refractivity contribution in [1.29, 1.82) is 0 Å². The Labute approximate surface area is 176 Å². The van der Waals surface area contributed by atoms with E-state index in [4.69, 9.17) is 58.6 Å². The molecule has 1 heterocycles. The van der Waals surface area contributed by atoms with Crippen molar-refractivity contribution in [2.75, 3.05) is 10.6 Å². The Morgan fingerprint density at radius 1 is 0.923 bits per heavy atom. The standard InChI is InChI=1S/C17H12Cl4N4S/c18-11-3-1-10(2-4-11)8-25-9-14(21)16(24-25)23-17(26)22-15-6-5-12(19)7-13(15)20/h1-7,9H,8H2,(H2,22,23,24,26). The average Bonchev–Trinajstić information content (AvgIpc) is 2.91. The van der Waals surface area contributed by atoms with Crippen LogP contribution in [0.1, 0.15) is 5.56 Å². The zero-order valence-corrected chi connectivity index (χ0v) is 17.0. The highest BCUT2D eigenvalue weighted by Gasteiger charge is 2.10. The Morgan fingerprint density at radius 2 is 1.62 bits per heavy atom. The first-order chi connectivity index (χ1) is 12.4. The molecule has 0 atom stereocenters. The Hall–Kier alpha value is -1.50. The van der Waals surface area contributed by atoms with Crippen molar-refractivity contribution in [1.82, 2.24) is 9.78 Å². The average molecular weight is 446 g/mol. The van der Waals surface area contributed by atoms with Gasteiger partial charge < -0.3 is 10.6 Å². The zero-order valence-electron chi connectivity index (χ0n) is 13.1. The lowest BCUT2D eigenvalue weighted by Gasteiger charge is -2.10. The Kier molecular flexibility index (Phi) is 6.27. The molecule has 2 aromatic carbocycles. The molecule has 1 aromatic heterocycles. The number of nitrogens with zero attached hydrogens (tertiary/aromatic N) is 2. The Bertz CT molecular complexity index is 940. The number of rotatable bonds is 4. The summed E-state index contributed by atoms with van der Waals surface area (Å²) in [5, 5.41) is 12.8. The summed E-state index contributed by atoms with van der Waals surface area (Å²) in [5.41, 5.74) is 1.68. The predicted octanol–water partition coefficient (Wildman–Crippen LogP) is 6.35. The van der Waals surface area contributed by atoms with Gasteiger partial charge >= 0.3 is 0 Å². The lowest BCUT2D eigenvalue weighted by atomic mass is 10.2. The van der Waals surface area contributed by atoms with Crippen LogP contribution in [0.2, 0.25) is 20.1 Å². The molecule has 0 aliphatic heterocycles. The van der Waals surface area contributed by atoms with Crippen molar-refractivity contribution in [2.45, 2.75) is 6.54 Å². The van der Waals surface area contributed by atoms with E-state index in [0.717, 1.165) is 5.56 Å². The van der Waals surface area contributed by atoms with Crippen LogP contribution in [0.3, 0.4) is 0 Å². The number of hydrogen-bond acceptors (Lipinski definition) is 2. The van der Waals surface area contributed by atoms with Crippen molar-refractivity contribution in [2.24, 2.45) is 0 Å². The van der Waals surface area contributed by atoms with Crippen LogP contribution in [0.5, 0.6) is 0 Å². The highest BCUT2D eigenvalue weighted by molar-refractivity contribution is 7.80. The van der Waals surface area contributed by atoms with E-state index in [-0.39, 0.29) is 0 Å². The summed E-state index contributed by atoms with van der Waals surface area (Å²) in [5.74, 6) is 0.447. The lowest BCUT2D eigenvalue weighted by molar-refractivity contribution is 0.690. The molecule has 0 aliphatic rings. The van der Waals surface area contributed by atoms with Gasteiger partial charge in [-0.1, -0.05) is 58.5 Å². The third-order valence-corrected chi connectivity index (χ3v) is 4.67. The van der Waals surface area contributed by atoms with Gasteiger partial charge in [0.2, 0.25) is 0 Å². The van der Waals surface area contributed by atoms with Gasteiger partial charge in [-0.2, -0.15) is 5.10 Å². The van der Waals surface area contributed by atoms with Crippen LogP contribution in [-0.2, 0) is 6.54 Å². The van der Waals surface area contributed by atoms with Crippen molar-refractivity contribution >= 4 is 75.2 Å².